The van der Waals surface area contributed by atoms with E-state index in [4.69, 9.17) is 0 Å². The third-order valence-electron chi connectivity index (χ3n) is 3.51. The Balaban J connectivity index is 2.61. The molecule has 2 N–H and O–H groups in total. The smallest absolute Gasteiger partial charge is 0.358 e. The minimum Gasteiger partial charge on any atom is -0.476 e. The van der Waals surface area contributed by atoms with Gasteiger partial charge in [0.25, 0.3) is 5.69 Å². The van der Waals surface area contributed by atoms with Gasteiger partial charge in [0, 0.05) is 35.5 Å². The molecule has 0 amide bonds. The van der Waals surface area contributed by atoms with Gasteiger partial charge < -0.3 is 14.8 Å². The molecule has 0 spiro atoms. The first-order valence-corrected chi connectivity index (χ1v) is 6.22. The molecule has 0 radical (unpaired) electrons. The first kappa shape index (κ1) is 14.4. The Morgan fingerprint density at radius 2 is 1.78 bits per heavy atom. The molecule has 3 aromatic rings. The first-order chi connectivity index (χ1) is 10.8. The van der Waals surface area contributed by atoms with Crippen LogP contribution in [0.1, 0.15) is 21.0 Å². The van der Waals surface area contributed by atoms with Crippen LogP contribution in [0.15, 0.2) is 18.2 Å². The highest BCUT2D eigenvalue weighted by Gasteiger charge is 2.25. The summed E-state index contributed by atoms with van der Waals surface area (Å²) in [5, 5.41) is 36.6. The molecule has 0 aliphatic rings. The second kappa shape index (κ2) is 4.73. The van der Waals surface area contributed by atoms with E-state index < -0.39 is 28.2 Å². The highest BCUT2D eigenvalue weighted by molar-refractivity contribution is 6.19. The number of hydrogen-bond donors (Lipinski definition) is 2. The van der Waals surface area contributed by atoms with Crippen molar-refractivity contribution in [2.75, 3.05) is 0 Å². The summed E-state index contributed by atoms with van der Waals surface area (Å²) in [6, 6.07) is 3.87. The van der Waals surface area contributed by atoms with Gasteiger partial charge >= 0.3 is 11.9 Å². The van der Waals surface area contributed by atoms with Gasteiger partial charge in [0.15, 0.2) is 11.4 Å². The van der Waals surface area contributed by atoms with Crippen molar-refractivity contribution in [3.05, 3.63) is 39.7 Å². The van der Waals surface area contributed by atoms with Crippen molar-refractivity contribution < 1.29 is 24.7 Å². The van der Waals surface area contributed by atoms with Gasteiger partial charge in [-0.25, -0.2) is 9.59 Å². The number of carboxylic acid groups (broad SMARTS) is 2. The Bertz CT molecular complexity index is 1020. The molecule has 0 atom stereocenters. The van der Waals surface area contributed by atoms with Gasteiger partial charge in [-0.1, -0.05) is 0 Å². The maximum Gasteiger partial charge on any atom is 0.358 e. The number of benzene rings is 1. The largest absolute Gasteiger partial charge is 0.476 e. The summed E-state index contributed by atoms with van der Waals surface area (Å²) in [7, 11) is 1.52. The Morgan fingerprint density at radius 1 is 1.17 bits per heavy atom. The lowest BCUT2D eigenvalue weighted by Gasteiger charge is -2.02. The van der Waals surface area contributed by atoms with Gasteiger partial charge in [-0.15, -0.1) is 10.2 Å². The van der Waals surface area contributed by atoms with Gasteiger partial charge in [0.1, 0.15) is 0 Å². The fourth-order valence-corrected chi connectivity index (χ4v) is 2.55. The van der Waals surface area contributed by atoms with E-state index in [-0.39, 0.29) is 22.0 Å². The summed E-state index contributed by atoms with van der Waals surface area (Å²) >= 11 is 0. The van der Waals surface area contributed by atoms with Crippen LogP contribution < -0.4 is 0 Å². The number of nitro groups is 1. The molecule has 0 saturated carbocycles. The highest BCUT2D eigenvalue weighted by atomic mass is 16.6. The molecule has 2 heterocycles. The zero-order valence-electron chi connectivity index (χ0n) is 11.5. The van der Waals surface area contributed by atoms with Crippen molar-refractivity contribution in [1.82, 2.24) is 14.8 Å². The van der Waals surface area contributed by atoms with Gasteiger partial charge in [0.05, 0.1) is 10.4 Å². The number of fused-ring (bicyclic) bond motifs is 3. The standard InChI is InChI=1S/C13H8N4O6/c1-16-7-3-2-5(17(22)23)4-6(7)8-9(12(18)19)14-15-10(11(8)16)13(20)21/h2-4H,1H3,(H,18,19)(H,20,21). The van der Waals surface area contributed by atoms with Gasteiger partial charge in [-0.3, -0.25) is 10.1 Å². The van der Waals surface area contributed by atoms with Gasteiger partial charge in [-0.2, -0.15) is 0 Å². The van der Waals surface area contributed by atoms with Crippen molar-refractivity contribution >= 4 is 39.4 Å². The molecule has 116 valence electrons. The molecule has 0 fully saturated rings. The molecule has 3 rings (SSSR count). The number of aryl methyl sites for hydroxylation is 1. The van der Waals surface area contributed by atoms with Crippen LogP contribution in [0.5, 0.6) is 0 Å². The molecule has 0 unspecified atom stereocenters. The van der Waals surface area contributed by atoms with Gasteiger partial charge in [-0.05, 0) is 6.07 Å². The molecule has 1 aromatic carbocycles. The summed E-state index contributed by atoms with van der Waals surface area (Å²) in [6.45, 7) is 0. The fourth-order valence-electron chi connectivity index (χ4n) is 2.55. The molecular weight excluding hydrogens is 308 g/mol. The molecule has 10 heteroatoms. The van der Waals surface area contributed by atoms with Crippen molar-refractivity contribution in [3.8, 4) is 0 Å². The highest BCUT2D eigenvalue weighted by Crippen LogP contribution is 2.33. The lowest BCUT2D eigenvalue weighted by atomic mass is 10.1. The van der Waals surface area contributed by atoms with E-state index in [1.54, 1.807) is 0 Å². The van der Waals surface area contributed by atoms with Gasteiger partial charge in [0.2, 0.25) is 0 Å². The van der Waals surface area contributed by atoms with E-state index in [1.165, 1.54) is 29.8 Å². The zero-order chi connectivity index (χ0) is 16.9. The summed E-state index contributed by atoms with van der Waals surface area (Å²) in [5.74, 6) is -2.78. The Labute approximate surface area is 126 Å². The predicted molar refractivity (Wildman–Crippen MR) is 76.6 cm³/mol. The molecule has 0 aliphatic heterocycles. The second-order valence-corrected chi connectivity index (χ2v) is 4.75. The van der Waals surface area contributed by atoms with Crippen LogP contribution in [0, 0.1) is 10.1 Å². The van der Waals surface area contributed by atoms with E-state index in [9.17, 15) is 29.9 Å². The molecule has 0 aliphatic carbocycles. The molecule has 2 aromatic heterocycles. The molecule has 0 bridgehead atoms. The third-order valence-corrected chi connectivity index (χ3v) is 3.51. The maximum atomic E-state index is 11.4. The van der Waals surface area contributed by atoms with E-state index in [0.717, 1.165) is 0 Å². The number of non-ortho nitro benzene ring substituents is 1. The maximum absolute atomic E-state index is 11.4. The fraction of sp³-hybridized carbons (Fsp3) is 0.0769. The number of rotatable bonds is 3. The molecule has 10 nitrogen and oxygen atoms in total. The number of nitro benzene ring substituents is 1. The Morgan fingerprint density at radius 3 is 2.35 bits per heavy atom. The molecule has 0 saturated heterocycles. The monoisotopic (exact) mass is 316 g/mol. The summed E-state index contributed by atoms with van der Waals surface area (Å²) < 4.78 is 1.43. The topological polar surface area (TPSA) is 148 Å². The zero-order valence-corrected chi connectivity index (χ0v) is 11.5. The van der Waals surface area contributed by atoms with Crippen molar-refractivity contribution in [2.45, 2.75) is 0 Å². The van der Waals surface area contributed by atoms with Crippen LogP contribution in [0.25, 0.3) is 21.8 Å². The Hall–Kier alpha value is -3.56. The van der Waals surface area contributed by atoms with Crippen LogP contribution in [-0.4, -0.2) is 41.8 Å². The summed E-state index contributed by atoms with van der Waals surface area (Å²) in [5.41, 5.74) is -0.650. The molecular formula is C13H8N4O6. The number of aromatic nitrogens is 3. The van der Waals surface area contributed by atoms with E-state index in [0.29, 0.717) is 5.52 Å². The van der Waals surface area contributed by atoms with Crippen LogP contribution in [-0.2, 0) is 7.05 Å². The average molecular weight is 316 g/mol. The van der Waals surface area contributed by atoms with E-state index in [2.05, 4.69) is 10.2 Å². The average Bonchev–Trinajstić information content (AvgIpc) is 2.79. The number of nitrogens with zero attached hydrogens (tertiary/aromatic N) is 4. The predicted octanol–water partition coefficient (Wildman–Crippen LogP) is 1.43. The van der Waals surface area contributed by atoms with Crippen LogP contribution in [0.4, 0.5) is 5.69 Å². The third kappa shape index (κ3) is 1.96. The minimum absolute atomic E-state index is 0.00565. The number of carboxylic acids is 2. The van der Waals surface area contributed by atoms with E-state index >= 15 is 0 Å². The lowest BCUT2D eigenvalue weighted by molar-refractivity contribution is -0.384. The quantitative estimate of drug-likeness (QED) is 0.544. The summed E-state index contributed by atoms with van der Waals surface area (Å²) in [6.07, 6.45) is 0. The van der Waals surface area contributed by atoms with Crippen LogP contribution in [0.3, 0.4) is 0 Å². The SMILES string of the molecule is Cn1c2ccc([N+](=O)[O-])cc2c2c(C(=O)O)nnc(C(=O)O)c21. The number of carbonyl (C=O) groups is 2. The Kier molecular flexibility index (Phi) is 2.96. The summed E-state index contributed by atoms with van der Waals surface area (Å²) in [4.78, 5) is 33.0. The number of aromatic carboxylic acids is 2. The number of hydrogen-bond acceptors (Lipinski definition) is 6. The van der Waals surface area contributed by atoms with Crippen molar-refractivity contribution in [2.24, 2.45) is 7.05 Å². The molecule has 23 heavy (non-hydrogen) atoms. The van der Waals surface area contributed by atoms with Crippen LogP contribution in [0.2, 0.25) is 0 Å². The first-order valence-electron chi connectivity index (χ1n) is 6.22. The lowest BCUT2D eigenvalue weighted by Crippen LogP contribution is -2.10. The second-order valence-electron chi connectivity index (χ2n) is 4.75. The van der Waals surface area contributed by atoms with Crippen molar-refractivity contribution in [3.63, 3.8) is 0 Å². The minimum atomic E-state index is -1.40. The van der Waals surface area contributed by atoms with E-state index in [1.807, 2.05) is 0 Å². The normalized spacial score (nSPS) is 11.0. The van der Waals surface area contributed by atoms with Crippen molar-refractivity contribution in [1.29, 1.82) is 0 Å². The van der Waals surface area contributed by atoms with Crippen LogP contribution >= 0.6 is 0 Å².